The van der Waals surface area contributed by atoms with E-state index in [1.807, 2.05) is 6.92 Å². The van der Waals surface area contributed by atoms with E-state index in [9.17, 15) is 19.2 Å². The van der Waals surface area contributed by atoms with Crippen molar-refractivity contribution in [2.75, 3.05) is 6.61 Å². The fourth-order valence-electron chi connectivity index (χ4n) is 2.65. The summed E-state index contributed by atoms with van der Waals surface area (Å²) in [5.41, 5.74) is 0. The van der Waals surface area contributed by atoms with Gasteiger partial charge in [0.15, 0.2) is 0 Å². The van der Waals surface area contributed by atoms with Gasteiger partial charge in [-0.1, -0.05) is 13.3 Å². The summed E-state index contributed by atoms with van der Waals surface area (Å²) >= 11 is 0. The number of hydrogen-bond acceptors (Lipinski definition) is 6. The summed E-state index contributed by atoms with van der Waals surface area (Å²) < 4.78 is 10.6. The highest BCUT2D eigenvalue weighted by atomic mass is 16.5. The van der Waals surface area contributed by atoms with Gasteiger partial charge in [0.2, 0.25) is 0 Å². The van der Waals surface area contributed by atoms with Gasteiger partial charge >= 0.3 is 23.9 Å². The number of carbonyl (C=O) groups is 4. The number of ether oxygens (including phenoxy) is 2. The van der Waals surface area contributed by atoms with Crippen LogP contribution in [0.15, 0.2) is 0 Å². The van der Waals surface area contributed by atoms with Gasteiger partial charge in [-0.2, -0.15) is 0 Å². The van der Waals surface area contributed by atoms with Crippen molar-refractivity contribution in [1.82, 2.24) is 0 Å². The Morgan fingerprint density at radius 3 is 1.79 bits per heavy atom. The monoisotopic (exact) mass is 402 g/mol. The van der Waals surface area contributed by atoms with Gasteiger partial charge in [-0.25, -0.2) is 0 Å². The van der Waals surface area contributed by atoms with E-state index in [-0.39, 0.29) is 43.7 Å². The van der Waals surface area contributed by atoms with Crippen molar-refractivity contribution in [2.45, 2.75) is 96.5 Å². The third-order valence-electron chi connectivity index (χ3n) is 4.14. The normalized spacial score (nSPS) is 11.6. The molecule has 28 heavy (non-hydrogen) atoms. The molecule has 2 N–H and O–H groups in total. The van der Waals surface area contributed by atoms with E-state index in [0.29, 0.717) is 45.1 Å². The Morgan fingerprint density at radius 1 is 0.714 bits per heavy atom. The van der Waals surface area contributed by atoms with Crippen LogP contribution in [0.25, 0.3) is 0 Å². The molecule has 0 aliphatic heterocycles. The number of carboxylic acids is 2. The molecule has 8 heteroatoms. The number of rotatable bonds is 18. The number of carbonyl (C=O) groups excluding carboxylic acids is 2. The van der Waals surface area contributed by atoms with Crippen LogP contribution in [0.5, 0.6) is 0 Å². The molecule has 0 saturated carbocycles. The fourth-order valence-corrected chi connectivity index (χ4v) is 2.65. The molecular weight excluding hydrogens is 368 g/mol. The SMILES string of the molecule is CCCC(CCCCOC(=O)CCCCC(=O)O)OC(=O)CCCCC(=O)O. The fraction of sp³-hybridized carbons (Fsp3) is 0.800. The molecule has 0 aromatic carbocycles. The maximum atomic E-state index is 11.8. The van der Waals surface area contributed by atoms with Crippen LogP contribution in [-0.4, -0.2) is 46.8 Å². The third-order valence-corrected chi connectivity index (χ3v) is 4.14. The lowest BCUT2D eigenvalue weighted by Gasteiger charge is -2.17. The summed E-state index contributed by atoms with van der Waals surface area (Å²) in [5, 5.41) is 17.1. The van der Waals surface area contributed by atoms with Crippen molar-refractivity contribution in [2.24, 2.45) is 0 Å². The molecule has 162 valence electrons. The lowest BCUT2D eigenvalue weighted by Crippen LogP contribution is -2.18. The minimum atomic E-state index is -0.865. The molecule has 0 amide bonds. The molecule has 0 heterocycles. The molecule has 0 rings (SSSR count). The number of aliphatic carboxylic acids is 2. The minimum Gasteiger partial charge on any atom is -0.481 e. The zero-order valence-electron chi connectivity index (χ0n) is 16.8. The average Bonchev–Trinajstić information content (AvgIpc) is 2.62. The summed E-state index contributed by atoms with van der Waals surface area (Å²) in [6.45, 7) is 2.32. The Labute approximate surface area is 166 Å². The van der Waals surface area contributed by atoms with Gasteiger partial charge in [0.1, 0.15) is 6.10 Å². The van der Waals surface area contributed by atoms with E-state index in [2.05, 4.69) is 0 Å². The largest absolute Gasteiger partial charge is 0.481 e. The summed E-state index contributed by atoms with van der Waals surface area (Å²) in [5.74, 6) is -2.34. The topological polar surface area (TPSA) is 127 Å². The Balaban J connectivity index is 3.82. The van der Waals surface area contributed by atoms with Crippen molar-refractivity contribution in [1.29, 1.82) is 0 Å². The standard InChI is InChI=1S/C20H34O8/c1-2-9-16(28-20(26)14-6-4-12-18(23)24)10-7-8-15-27-19(25)13-5-3-11-17(21)22/h16H,2-15H2,1H3,(H,21,22)(H,23,24). The number of hydrogen-bond donors (Lipinski definition) is 2. The van der Waals surface area contributed by atoms with E-state index in [1.54, 1.807) is 0 Å². The van der Waals surface area contributed by atoms with E-state index >= 15 is 0 Å². The van der Waals surface area contributed by atoms with Gasteiger partial charge < -0.3 is 19.7 Å². The summed E-state index contributed by atoms with van der Waals surface area (Å²) in [6.07, 6.45) is 6.15. The molecule has 0 spiro atoms. The van der Waals surface area contributed by atoms with Crippen LogP contribution < -0.4 is 0 Å². The third kappa shape index (κ3) is 17.3. The molecule has 0 aliphatic rings. The van der Waals surface area contributed by atoms with E-state index in [1.165, 1.54) is 0 Å². The molecule has 0 saturated heterocycles. The molecule has 0 aromatic heterocycles. The molecule has 0 aromatic rings. The lowest BCUT2D eigenvalue weighted by atomic mass is 10.1. The first-order valence-corrected chi connectivity index (χ1v) is 10.1. The maximum Gasteiger partial charge on any atom is 0.306 e. The lowest BCUT2D eigenvalue weighted by molar-refractivity contribution is -0.150. The number of unbranched alkanes of at least 4 members (excludes halogenated alkanes) is 3. The van der Waals surface area contributed by atoms with E-state index in [4.69, 9.17) is 19.7 Å². The molecular formula is C20H34O8. The van der Waals surface area contributed by atoms with Gasteiger partial charge in [0.05, 0.1) is 6.61 Å². The molecule has 0 bridgehead atoms. The predicted molar refractivity (Wildman–Crippen MR) is 102 cm³/mol. The van der Waals surface area contributed by atoms with Gasteiger partial charge in [-0.05, 0) is 51.4 Å². The Hall–Kier alpha value is -2.12. The van der Waals surface area contributed by atoms with Crippen molar-refractivity contribution < 1.29 is 38.9 Å². The van der Waals surface area contributed by atoms with Crippen LogP contribution in [0.2, 0.25) is 0 Å². The summed E-state index contributed by atoms with van der Waals surface area (Å²) in [4.78, 5) is 44.2. The Kier molecular flexibility index (Phi) is 15.7. The quantitative estimate of drug-likeness (QED) is 0.262. The number of carboxylic acid groups (broad SMARTS) is 2. The first kappa shape index (κ1) is 25.9. The van der Waals surface area contributed by atoms with Crippen molar-refractivity contribution in [3.63, 3.8) is 0 Å². The zero-order chi connectivity index (χ0) is 21.2. The van der Waals surface area contributed by atoms with Crippen molar-refractivity contribution in [3.8, 4) is 0 Å². The van der Waals surface area contributed by atoms with Crippen LogP contribution in [0.3, 0.4) is 0 Å². The van der Waals surface area contributed by atoms with Crippen LogP contribution in [0.1, 0.15) is 90.4 Å². The second kappa shape index (κ2) is 17.0. The van der Waals surface area contributed by atoms with Crippen LogP contribution in [0.4, 0.5) is 0 Å². The van der Waals surface area contributed by atoms with Crippen LogP contribution >= 0.6 is 0 Å². The van der Waals surface area contributed by atoms with Gasteiger partial charge in [-0.15, -0.1) is 0 Å². The van der Waals surface area contributed by atoms with Gasteiger partial charge in [0, 0.05) is 25.7 Å². The van der Waals surface area contributed by atoms with Crippen molar-refractivity contribution in [3.05, 3.63) is 0 Å². The van der Waals surface area contributed by atoms with E-state index in [0.717, 1.165) is 19.3 Å². The second-order valence-electron chi connectivity index (χ2n) is 6.82. The minimum absolute atomic E-state index is 0.0595. The van der Waals surface area contributed by atoms with Crippen molar-refractivity contribution >= 4 is 23.9 Å². The highest BCUT2D eigenvalue weighted by Gasteiger charge is 2.14. The van der Waals surface area contributed by atoms with Crippen LogP contribution in [-0.2, 0) is 28.7 Å². The predicted octanol–water partition coefficient (Wildman–Crippen LogP) is 3.70. The smallest absolute Gasteiger partial charge is 0.306 e. The molecule has 1 unspecified atom stereocenters. The first-order chi connectivity index (χ1) is 13.3. The highest BCUT2D eigenvalue weighted by Crippen LogP contribution is 2.14. The number of esters is 2. The second-order valence-corrected chi connectivity index (χ2v) is 6.82. The molecule has 0 fully saturated rings. The molecule has 8 nitrogen and oxygen atoms in total. The zero-order valence-corrected chi connectivity index (χ0v) is 16.8. The van der Waals surface area contributed by atoms with E-state index < -0.39 is 11.9 Å². The summed E-state index contributed by atoms with van der Waals surface area (Å²) in [7, 11) is 0. The Morgan fingerprint density at radius 2 is 1.25 bits per heavy atom. The maximum absolute atomic E-state index is 11.8. The van der Waals surface area contributed by atoms with Crippen LogP contribution in [0, 0.1) is 0 Å². The molecule has 1 atom stereocenters. The summed E-state index contributed by atoms with van der Waals surface area (Å²) in [6, 6.07) is 0. The average molecular weight is 402 g/mol. The molecule has 0 aliphatic carbocycles. The molecule has 0 radical (unpaired) electrons. The Bertz CT molecular complexity index is 475. The van der Waals surface area contributed by atoms with Gasteiger partial charge in [-0.3, -0.25) is 19.2 Å². The van der Waals surface area contributed by atoms with Gasteiger partial charge in [0.25, 0.3) is 0 Å². The highest BCUT2D eigenvalue weighted by molar-refractivity contribution is 5.70. The first-order valence-electron chi connectivity index (χ1n) is 10.1.